The topological polar surface area (TPSA) is 115 Å². The number of nitro benzene ring substituents is 1. The van der Waals surface area contributed by atoms with Crippen molar-refractivity contribution in [2.24, 2.45) is 11.5 Å². The summed E-state index contributed by atoms with van der Waals surface area (Å²) in [4.78, 5) is 10.1. The Kier molecular flexibility index (Phi) is 5.52. The van der Waals surface area contributed by atoms with Crippen LogP contribution in [0.25, 0.3) is 0 Å². The average Bonchev–Trinajstić information content (AvgIpc) is 2.31. The quantitative estimate of drug-likeness (QED) is 0.422. The summed E-state index contributed by atoms with van der Waals surface area (Å²) in [5.41, 5.74) is 11.4. The van der Waals surface area contributed by atoms with Crippen LogP contribution in [0.2, 0.25) is 0 Å². The van der Waals surface area contributed by atoms with Crippen molar-refractivity contribution in [3.63, 3.8) is 0 Å². The molecule has 6 nitrogen and oxygen atoms in total. The van der Waals surface area contributed by atoms with E-state index in [1.165, 1.54) is 6.07 Å². The lowest BCUT2D eigenvalue weighted by Gasteiger charge is -2.13. The molecule has 0 spiro atoms. The van der Waals surface area contributed by atoms with Crippen LogP contribution in [-0.2, 0) is 0 Å². The number of aromatic hydroxyl groups is 1. The molecule has 0 heterocycles. The van der Waals surface area contributed by atoms with E-state index >= 15 is 0 Å². The molecule has 0 unspecified atom stereocenters. The van der Waals surface area contributed by atoms with Gasteiger partial charge in [0.1, 0.15) is 0 Å². The molecule has 0 saturated heterocycles. The van der Waals surface area contributed by atoms with Crippen LogP contribution in [0, 0.1) is 10.1 Å². The Morgan fingerprint density at radius 2 is 2.11 bits per heavy atom. The summed E-state index contributed by atoms with van der Waals surface area (Å²) in [6.45, 7) is 0.581. The molecule has 0 saturated carbocycles. The van der Waals surface area contributed by atoms with E-state index in [2.05, 4.69) is 15.9 Å². The number of rotatable bonds is 6. The third-order valence-corrected chi connectivity index (χ3v) is 3.11. The van der Waals surface area contributed by atoms with E-state index in [0.29, 0.717) is 23.0 Å². The highest BCUT2D eigenvalue weighted by molar-refractivity contribution is 9.10. The van der Waals surface area contributed by atoms with Crippen LogP contribution in [0.1, 0.15) is 30.9 Å². The average molecular weight is 318 g/mol. The summed E-state index contributed by atoms with van der Waals surface area (Å²) in [5.74, 6) is -0.358. The predicted octanol–water partition coefficient (Wildman–Crippen LogP) is 2.19. The fourth-order valence-corrected chi connectivity index (χ4v) is 2.15. The Morgan fingerprint density at radius 3 is 2.67 bits per heavy atom. The molecule has 0 aromatic heterocycles. The number of nitrogens with zero attached hydrogens (tertiary/aromatic N) is 1. The molecule has 0 aliphatic heterocycles. The summed E-state index contributed by atoms with van der Waals surface area (Å²) in [5, 5.41) is 20.6. The molecule has 5 N–H and O–H groups in total. The van der Waals surface area contributed by atoms with Crippen molar-refractivity contribution in [1.82, 2.24) is 0 Å². The smallest absolute Gasteiger partial charge is 0.312 e. The van der Waals surface area contributed by atoms with Crippen molar-refractivity contribution in [1.29, 1.82) is 0 Å². The Labute approximate surface area is 113 Å². The zero-order valence-electron chi connectivity index (χ0n) is 9.80. The summed E-state index contributed by atoms with van der Waals surface area (Å²) in [6, 6.07) is 2.42. The van der Waals surface area contributed by atoms with Gasteiger partial charge in [0.15, 0.2) is 5.75 Å². The maximum Gasteiger partial charge on any atom is 0.312 e. The van der Waals surface area contributed by atoms with Gasteiger partial charge in [-0.2, -0.15) is 0 Å². The van der Waals surface area contributed by atoms with Gasteiger partial charge in [-0.05, 0) is 25.5 Å². The molecule has 100 valence electrons. The first-order valence-electron chi connectivity index (χ1n) is 5.59. The van der Waals surface area contributed by atoms with Gasteiger partial charge in [-0.3, -0.25) is 10.1 Å². The van der Waals surface area contributed by atoms with Crippen molar-refractivity contribution >= 4 is 21.6 Å². The van der Waals surface area contributed by atoms with Gasteiger partial charge in [-0.1, -0.05) is 22.4 Å². The van der Waals surface area contributed by atoms with Crippen molar-refractivity contribution in [3.05, 3.63) is 32.3 Å². The standard InChI is InChI=1S/C11H16BrN3O3/c12-7-5-8(9(14)3-1-2-4-13)11(16)10(6-7)15(17)18/h5-6,9,16H,1-4,13-14H2/t9-/m0/s1. The van der Waals surface area contributed by atoms with Gasteiger partial charge in [-0.15, -0.1) is 0 Å². The molecule has 0 bridgehead atoms. The third-order valence-electron chi connectivity index (χ3n) is 2.65. The molecule has 1 atom stereocenters. The predicted molar refractivity (Wildman–Crippen MR) is 72.3 cm³/mol. The first-order valence-corrected chi connectivity index (χ1v) is 6.39. The molecule has 0 radical (unpaired) electrons. The lowest BCUT2D eigenvalue weighted by Crippen LogP contribution is -2.12. The van der Waals surface area contributed by atoms with E-state index in [4.69, 9.17) is 11.5 Å². The Hall–Kier alpha value is -1.18. The fraction of sp³-hybridized carbons (Fsp3) is 0.455. The van der Waals surface area contributed by atoms with Crippen molar-refractivity contribution in [2.45, 2.75) is 25.3 Å². The molecular weight excluding hydrogens is 302 g/mol. The van der Waals surface area contributed by atoms with Crippen LogP contribution in [-0.4, -0.2) is 16.6 Å². The van der Waals surface area contributed by atoms with E-state index in [9.17, 15) is 15.2 Å². The number of hydrogen-bond acceptors (Lipinski definition) is 5. The molecule has 0 aliphatic carbocycles. The van der Waals surface area contributed by atoms with Gasteiger partial charge < -0.3 is 16.6 Å². The van der Waals surface area contributed by atoms with Gasteiger partial charge in [0.05, 0.1) is 4.92 Å². The first kappa shape index (κ1) is 14.9. The van der Waals surface area contributed by atoms with Crippen LogP contribution in [0.4, 0.5) is 5.69 Å². The van der Waals surface area contributed by atoms with Gasteiger partial charge >= 0.3 is 5.69 Å². The molecule has 0 fully saturated rings. The number of halogens is 1. The van der Waals surface area contributed by atoms with Gasteiger partial charge in [0.25, 0.3) is 0 Å². The van der Waals surface area contributed by atoms with Crippen LogP contribution in [0.5, 0.6) is 5.75 Å². The van der Waals surface area contributed by atoms with Crippen molar-refractivity contribution in [2.75, 3.05) is 6.54 Å². The van der Waals surface area contributed by atoms with E-state index < -0.39 is 11.0 Å². The maximum atomic E-state index is 10.8. The zero-order valence-corrected chi connectivity index (χ0v) is 11.4. The molecule has 1 rings (SSSR count). The number of nitro groups is 1. The highest BCUT2D eigenvalue weighted by Crippen LogP contribution is 2.37. The number of benzene rings is 1. The molecule has 0 amide bonds. The second-order valence-electron chi connectivity index (χ2n) is 4.01. The van der Waals surface area contributed by atoms with E-state index in [1.807, 2.05) is 0 Å². The first-order chi connectivity index (χ1) is 8.47. The van der Waals surface area contributed by atoms with Gasteiger partial charge in [-0.25, -0.2) is 0 Å². The largest absolute Gasteiger partial charge is 0.502 e. The minimum Gasteiger partial charge on any atom is -0.502 e. The van der Waals surface area contributed by atoms with Crippen molar-refractivity contribution in [3.8, 4) is 5.75 Å². The highest BCUT2D eigenvalue weighted by Gasteiger charge is 2.21. The normalized spacial score (nSPS) is 12.4. The Bertz CT molecular complexity index is 440. The van der Waals surface area contributed by atoms with Gasteiger partial charge in [0, 0.05) is 22.1 Å². The van der Waals surface area contributed by atoms with E-state index in [1.54, 1.807) is 6.07 Å². The molecular formula is C11H16BrN3O3. The van der Waals surface area contributed by atoms with Crippen molar-refractivity contribution < 1.29 is 10.0 Å². The highest BCUT2D eigenvalue weighted by atomic mass is 79.9. The number of phenolic OH excluding ortho intramolecular Hbond substituents is 1. The molecule has 1 aromatic carbocycles. The summed E-state index contributed by atoms with van der Waals surface area (Å²) < 4.78 is 0.524. The Balaban J connectivity index is 2.97. The lowest BCUT2D eigenvalue weighted by atomic mass is 10.00. The van der Waals surface area contributed by atoms with Crippen LogP contribution >= 0.6 is 15.9 Å². The summed E-state index contributed by atoms with van der Waals surface area (Å²) in [6.07, 6.45) is 2.28. The second-order valence-corrected chi connectivity index (χ2v) is 4.93. The second kappa shape index (κ2) is 6.67. The number of hydrogen-bond donors (Lipinski definition) is 3. The number of unbranched alkanes of at least 4 members (excludes halogenated alkanes) is 1. The minimum absolute atomic E-state index is 0.339. The monoisotopic (exact) mass is 317 g/mol. The molecule has 7 heteroatoms. The summed E-state index contributed by atoms with van der Waals surface area (Å²) in [7, 11) is 0. The number of phenols is 1. The molecule has 18 heavy (non-hydrogen) atoms. The minimum atomic E-state index is -0.629. The Morgan fingerprint density at radius 1 is 1.44 bits per heavy atom. The van der Waals surface area contributed by atoms with Crippen LogP contribution in [0.15, 0.2) is 16.6 Å². The SMILES string of the molecule is NCCCC[C@H](N)c1cc(Br)cc([N+](=O)[O-])c1O. The van der Waals surface area contributed by atoms with Crippen LogP contribution < -0.4 is 11.5 Å². The van der Waals surface area contributed by atoms with E-state index in [-0.39, 0.29) is 11.4 Å². The molecule has 1 aromatic rings. The van der Waals surface area contributed by atoms with Crippen LogP contribution in [0.3, 0.4) is 0 Å². The molecule has 0 aliphatic rings. The fourth-order valence-electron chi connectivity index (χ4n) is 1.69. The summed E-state index contributed by atoms with van der Waals surface area (Å²) >= 11 is 3.17. The zero-order chi connectivity index (χ0) is 13.7. The third kappa shape index (κ3) is 3.66. The number of nitrogens with two attached hydrogens (primary N) is 2. The van der Waals surface area contributed by atoms with Gasteiger partial charge in [0.2, 0.25) is 0 Å². The lowest BCUT2D eigenvalue weighted by molar-refractivity contribution is -0.386. The maximum absolute atomic E-state index is 10.8. The van der Waals surface area contributed by atoms with E-state index in [0.717, 1.165) is 12.8 Å².